The molecule has 1 aliphatic heterocycles. The summed E-state index contributed by atoms with van der Waals surface area (Å²) in [4.78, 5) is 11.2. The number of methoxy groups -OCH3 is 1. The van der Waals surface area contributed by atoms with Gasteiger partial charge in [0.15, 0.2) is 0 Å². The fourth-order valence-corrected chi connectivity index (χ4v) is 1.42. The van der Waals surface area contributed by atoms with Crippen LogP contribution in [-0.4, -0.2) is 18.9 Å². The minimum Gasteiger partial charge on any atom is -0.426 e. The van der Waals surface area contributed by atoms with Crippen LogP contribution in [0.1, 0.15) is 27.2 Å². The van der Waals surface area contributed by atoms with E-state index in [1.165, 1.54) is 0 Å². The molecule has 0 aromatic carbocycles. The Morgan fingerprint density at radius 1 is 1.50 bits per heavy atom. The van der Waals surface area contributed by atoms with Crippen molar-refractivity contribution in [3.63, 3.8) is 0 Å². The summed E-state index contributed by atoms with van der Waals surface area (Å²) >= 11 is 0. The minimum atomic E-state index is -0.791. The maximum Gasteiger partial charge on any atom is 0.336 e. The molecular weight excluding hydrogens is 156 g/mol. The molecule has 0 bridgehead atoms. The predicted molar refractivity (Wildman–Crippen MR) is 44.5 cm³/mol. The first kappa shape index (κ1) is 9.26. The number of carbonyl (C=O) groups excluding carboxylic acids is 1. The molecule has 0 N–H and O–H groups in total. The van der Waals surface area contributed by atoms with E-state index < -0.39 is 5.79 Å². The van der Waals surface area contributed by atoms with Gasteiger partial charge in [0.1, 0.15) is 0 Å². The quantitative estimate of drug-likeness (QED) is 0.591. The summed E-state index contributed by atoms with van der Waals surface area (Å²) in [6.45, 7) is 5.56. The van der Waals surface area contributed by atoms with Crippen LogP contribution in [0, 0.1) is 0 Å². The molecule has 0 saturated carbocycles. The Morgan fingerprint density at radius 2 is 2.08 bits per heavy atom. The molecule has 3 heteroatoms. The minimum absolute atomic E-state index is 0.267. The van der Waals surface area contributed by atoms with Gasteiger partial charge in [-0.3, -0.25) is 0 Å². The van der Waals surface area contributed by atoms with Crippen LogP contribution < -0.4 is 0 Å². The second kappa shape index (κ2) is 2.90. The monoisotopic (exact) mass is 170 g/mol. The lowest BCUT2D eigenvalue weighted by molar-refractivity contribution is -0.193. The number of cyclic esters (lactones) is 1. The fourth-order valence-electron chi connectivity index (χ4n) is 1.42. The summed E-state index contributed by atoms with van der Waals surface area (Å²) in [7, 11) is 1.55. The molecule has 3 nitrogen and oxygen atoms in total. The fraction of sp³-hybridized carbons (Fsp3) is 0.667. The molecule has 1 aliphatic rings. The zero-order valence-electron chi connectivity index (χ0n) is 7.93. The number of rotatable bonds is 2. The molecule has 0 spiro atoms. The maximum atomic E-state index is 11.2. The van der Waals surface area contributed by atoms with E-state index >= 15 is 0 Å². The molecule has 0 amide bonds. The Labute approximate surface area is 72.4 Å². The summed E-state index contributed by atoms with van der Waals surface area (Å²) in [6, 6.07) is 0. The summed E-state index contributed by atoms with van der Waals surface area (Å²) in [5.41, 5.74) is 1.55. The number of hydrogen-bond acceptors (Lipinski definition) is 3. The Morgan fingerprint density at radius 3 is 2.25 bits per heavy atom. The highest BCUT2D eigenvalue weighted by atomic mass is 16.7. The molecule has 68 valence electrons. The van der Waals surface area contributed by atoms with E-state index in [0.29, 0.717) is 12.0 Å². The topological polar surface area (TPSA) is 35.5 Å². The normalized spacial score (nSPS) is 29.5. The van der Waals surface area contributed by atoms with Gasteiger partial charge in [0.05, 0.1) is 0 Å². The van der Waals surface area contributed by atoms with Gasteiger partial charge in [-0.25, -0.2) is 4.79 Å². The first-order valence-electron chi connectivity index (χ1n) is 4.04. The highest BCUT2D eigenvalue weighted by Gasteiger charge is 2.42. The molecule has 0 aromatic rings. The molecule has 1 unspecified atom stereocenters. The average Bonchev–Trinajstić information content (AvgIpc) is 2.30. The summed E-state index contributed by atoms with van der Waals surface area (Å²) in [5, 5.41) is 0. The van der Waals surface area contributed by atoms with Crippen LogP contribution in [0.4, 0.5) is 0 Å². The lowest BCUT2D eigenvalue weighted by atomic mass is 10.0. The van der Waals surface area contributed by atoms with E-state index in [2.05, 4.69) is 0 Å². The largest absolute Gasteiger partial charge is 0.426 e. The van der Waals surface area contributed by atoms with E-state index in [9.17, 15) is 4.79 Å². The predicted octanol–water partition coefficient (Wildman–Crippen LogP) is 1.63. The van der Waals surface area contributed by atoms with Crippen molar-refractivity contribution >= 4 is 5.97 Å². The van der Waals surface area contributed by atoms with Crippen LogP contribution in [0.3, 0.4) is 0 Å². The average molecular weight is 170 g/mol. The third-order valence-electron chi connectivity index (χ3n) is 2.49. The van der Waals surface area contributed by atoms with Crippen LogP contribution in [0.5, 0.6) is 0 Å². The number of carbonyl (C=O) groups is 1. The van der Waals surface area contributed by atoms with Crippen LogP contribution >= 0.6 is 0 Å². The van der Waals surface area contributed by atoms with Crippen molar-refractivity contribution in [1.29, 1.82) is 0 Å². The van der Waals surface area contributed by atoms with E-state index in [0.717, 1.165) is 5.57 Å². The van der Waals surface area contributed by atoms with Gasteiger partial charge in [0.25, 0.3) is 0 Å². The van der Waals surface area contributed by atoms with Gasteiger partial charge >= 0.3 is 5.97 Å². The van der Waals surface area contributed by atoms with Crippen LogP contribution in [0.15, 0.2) is 11.1 Å². The van der Waals surface area contributed by atoms with E-state index in [-0.39, 0.29) is 5.97 Å². The second-order valence-electron chi connectivity index (χ2n) is 2.95. The first-order chi connectivity index (χ1) is 5.57. The molecule has 12 heavy (non-hydrogen) atoms. The molecule has 1 atom stereocenters. The van der Waals surface area contributed by atoms with Crippen molar-refractivity contribution in [1.82, 2.24) is 0 Å². The van der Waals surface area contributed by atoms with Crippen molar-refractivity contribution in [2.75, 3.05) is 7.11 Å². The Kier molecular flexibility index (Phi) is 2.24. The van der Waals surface area contributed by atoms with Crippen LogP contribution in [0.2, 0.25) is 0 Å². The van der Waals surface area contributed by atoms with E-state index in [1.54, 1.807) is 14.0 Å². The standard InChI is InChI=1S/C9H14O3/c1-5-9(11-4)7(3)6(2)8(10)12-9/h5H2,1-4H3. The third kappa shape index (κ3) is 1.05. The second-order valence-corrected chi connectivity index (χ2v) is 2.95. The van der Waals surface area contributed by atoms with Gasteiger partial charge in [0.2, 0.25) is 5.79 Å². The molecule has 0 saturated heterocycles. The van der Waals surface area contributed by atoms with Gasteiger partial charge in [-0.1, -0.05) is 6.92 Å². The van der Waals surface area contributed by atoms with Crippen molar-refractivity contribution in [3.05, 3.63) is 11.1 Å². The highest BCUT2D eigenvalue weighted by molar-refractivity contribution is 5.92. The Balaban J connectivity index is 3.05. The summed E-state index contributed by atoms with van der Waals surface area (Å²) in [5.74, 6) is -1.06. The molecule has 1 rings (SSSR count). The zero-order valence-corrected chi connectivity index (χ0v) is 7.93. The van der Waals surface area contributed by atoms with Gasteiger partial charge in [-0.2, -0.15) is 0 Å². The van der Waals surface area contributed by atoms with Crippen LogP contribution in [0.25, 0.3) is 0 Å². The van der Waals surface area contributed by atoms with Crippen LogP contribution in [-0.2, 0) is 14.3 Å². The highest BCUT2D eigenvalue weighted by Crippen LogP contribution is 2.35. The molecule has 0 radical (unpaired) electrons. The molecule has 0 aliphatic carbocycles. The molecular formula is C9H14O3. The Hall–Kier alpha value is -0.830. The lowest BCUT2D eigenvalue weighted by Crippen LogP contribution is -2.32. The van der Waals surface area contributed by atoms with Crippen molar-refractivity contribution < 1.29 is 14.3 Å². The first-order valence-corrected chi connectivity index (χ1v) is 4.04. The summed E-state index contributed by atoms with van der Waals surface area (Å²) in [6.07, 6.45) is 0.651. The molecule has 1 heterocycles. The SMILES string of the molecule is CCC1(OC)OC(=O)C(C)=C1C. The van der Waals surface area contributed by atoms with Gasteiger partial charge < -0.3 is 9.47 Å². The maximum absolute atomic E-state index is 11.2. The zero-order chi connectivity index (χ0) is 9.35. The smallest absolute Gasteiger partial charge is 0.336 e. The van der Waals surface area contributed by atoms with Crippen molar-refractivity contribution in [3.8, 4) is 0 Å². The van der Waals surface area contributed by atoms with Gasteiger partial charge in [-0.05, 0) is 13.8 Å². The van der Waals surface area contributed by atoms with Crippen molar-refractivity contribution in [2.24, 2.45) is 0 Å². The molecule has 0 aromatic heterocycles. The van der Waals surface area contributed by atoms with Gasteiger partial charge in [-0.15, -0.1) is 0 Å². The van der Waals surface area contributed by atoms with E-state index in [1.807, 2.05) is 13.8 Å². The van der Waals surface area contributed by atoms with Gasteiger partial charge in [0, 0.05) is 24.7 Å². The van der Waals surface area contributed by atoms with E-state index in [4.69, 9.17) is 9.47 Å². The molecule has 0 fully saturated rings. The third-order valence-corrected chi connectivity index (χ3v) is 2.49. The Bertz CT molecular complexity index is 236. The lowest BCUT2D eigenvalue weighted by Gasteiger charge is -2.26. The number of esters is 1. The number of hydrogen-bond donors (Lipinski definition) is 0. The van der Waals surface area contributed by atoms with Crippen molar-refractivity contribution in [2.45, 2.75) is 33.0 Å². The number of ether oxygens (including phenoxy) is 2. The summed E-state index contributed by atoms with van der Waals surface area (Å²) < 4.78 is 10.3.